The predicted molar refractivity (Wildman–Crippen MR) is 170 cm³/mol. The second-order valence-corrected chi connectivity index (χ2v) is 10.6. The monoisotopic (exact) mass is 581 g/mol. The third-order valence-corrected chi connectivity index (χ3v) is 7.74. The topological polar surface area (TPSA) is 97.5 Å². The molecule has 218 valence electrons. The van der Waals surface area contributed by atoms with Crippen molar-refractivity contribution >= 4 is 23.0 Å². The molecule has 3 aromatic carbocycles. The van der Waals surface area contributed by atoms with Crippen LogP contribution >= 0.6 is 0 Å². The highest BCUT2D eigenvalue weighted by molar-refractivity contribution is 6.01. The molecule has 0 radical (unpaired) electrons. The van der Waals surface area contributed by atoms with Gasteiger partial charge in [-0.05, 0) is 87.0 Å². The fourth-order valence-corrected chi connectivity index (χ4v) is 5.47. The number of benzene rings is 3. The van der Waals surface area contributed by atoms with Crippen molar-refractivity contribution in [1.29, 1.82) is 5.26 Å². The van der Waals surface area contributed by atoms with E-state index in [1.54, 1.807) is 18.3 Å². The van der Waals surface area contributed by atoms with Crippen LogP contribution in [0.2, 0.25) is 0 Å². The molecule has 3 aromatic heterocycles. The van der Waals surface area contributed by atoms with Gasteiger partial charge in [0.2, 0.25) is 0 Å². The summed E-state index contributed by atoms with van der Waals surface area (Å²) in [4.78, 5) is 12.8. The Morgan fingerprint density at radius 3 is 2.43 bits per heavy atom. The van der Waals surface area contributed by atoms with Gasteiger partial charge in [-0.15, -0.1) is 0 Å². The summed E-state index contributed by atoms with van der Waals surface area (Å²) in [7, 11) is 0. The zero-order valence-electron chi connectivity index (χ0n) is 24.7. The first kappa shape index (κ1) is 28.3. The first-order chi connectivity index (χ1) is 21.4. The molecule has 0 aliphatic rings. The Balaban J connectivity index is 1.11. The van der Waals surface area contributed by atoms with E-state index in [1.165, 1.54) is 11.4 Å². The van der Waals surface area contributed by atoms with Crippen LogP contribution in [0.1, 0.15) is 50.1 Å². The maximum Gasteiger partial charge on any atom is 0.307 e. The maximum absolute atomic E-state index is 12.8. The SMILES string of the molecule is Cc1ccc(C)n1-c1ccc(OCc2ccc(C(=O)N/N=C/c3c(C)n(Cc4ccccc4C#N)c4ccccc34)o2)cc1. The number of hydrogen-bond acceptors (Lipinski definition) is 5. The standard InChI is InChI=1S/C36H31N5O3/c1-24-12-13-25(2)41(24)29-14-16-30(17-15-29)43-23-31-18-19-35(44-31)36(42)39-38-21-33-26(3)40(34-11-7-6-10-32(33)34)22-28-9-5-4-8-27(28)20-37/h4-19,21H,22-23H2,1-3H3,(H,39,42)/b38-21+. The average Bonchev–Trinajstić information content (AvgIpc) is 3.73. The molecule has 8 heteroatoms. The van der Waals surface area contributed by atoms with E-state index in [1.807, 2.05) is 79.7 Å². The number of nitriles is 1. The number of carbonyl (C=O) groups is 1. The Morgan fingerprint density at radius 2 is 1.66 bits per heavy atom. The molecular formula is C36H31N5O3. The lowest BCUT2D eigenvalue weighted by atomic mass is 10.1. The molecule has 0 unspecified atom stereocenters. The van der Waals surface area contributed by atoms with Crippen molar-refractivity contribution < 1.29 is 13.9 Å². The van der Waals surface area contributed by atoms with Crippen LogP contribution in [0.4, 0.5) is 0 Å². The fraction of sp³-hybridized carbons (Fsp3) is 0.139. The first-order valence-electron chi connectivity index (χ1n) is 14.3. The third kappa shape index (κ3) is 5.63. The summed E-state index contributed by atoms with van der Waals surface area (Å²) in [6.45, 7) is 6.89. The van der Waals surface area contributed by atoms with Gasteiger partial charge in [0.25, 0.3) is 0 Å². The molecule has 0 saturated carbocycles. The lowest BCUT2D eigenvalue weighted by Crippen LogP contribution is -2.17. The van der Waals surface area contributed by atoms with E-state index >= 15 is 0 Å². The molecule has 0 fully saturated rings. The number of hydrogen-bond donors (Lipinski definition) is 1. The Labute approximate surface area is 255 Å². The Bertz CT molecular complexity index is 2020. The number of nitrogens with zero attached hydrogens (tertiary/aromatic N) is 4. The molecule has 0 atom stereocenters. The summed E-state index contributed by atoms with van der Waals surface area (Å²) in [5, 5.41) is 14.8. The van der Waals surface area contributed by atoms with E-state index in [0.717, 1.165) is 33.4 Å². The lowest BCUT2D eigenvalue weighted by Gasteiger charge is -2.10. The van der Waals surface area contributed by atoms with Gasteiger partial charge < -0.3 is 18.3 Å². The van der Waals surface area contributed by atoms with Gasteiger partial charge in [0.05, 0.1) is 17.8 Å². The van der Waals surface area contributed by atoms with Gasteiger partial charge in [-0.3, -0.25) is 4.79 Å². The van der Waals surface area contributed by atoms with E-state index in [4.69, 9.17) is 9.15 Å². The fourth-order valence-electron chi connectivity index (χ4n) is 5.47. The van der Waals surface area contributed by atoms with Crippen molar-refractivity contribution in [2.45, 2.75) is 33.9 Å². The Kier molecular flexibility index (Phi) is 7.85. The van der Waals surface area contributed by atoms with E-state index < -0.39 is 5.91 Å². The largest absolute Gasteiger partial charge is 0.486 e. The van der Waals surface area contributed by atoms with Crippen LogP contribution in [0, 0.1) is 32.1 Å². The number of hydrazone groups is 1. The highest BCUT2D eigenvalue weighted by Gasteiger charge is 2.15. The number of furan rings is 1. The number of aromatic nitrogens is 2. The van der Waals surface area contributed by atoms with Crippen molar-refractivity contribution in [3.8, 4) is 17.5 Å². The number of aryl methyl sites for hydroxylation is 2. The first-order valence-corrected chi connectivity index (χ1v) is 14.3. The van der Waals surface area contributed by atoms with Gasteiger partial charge in [-0.1, -0.05) is 36.4 Å². The minimum Gasteiger partial charge on any atom is -0.486 e. The Hall–Kier alpha value is -5.81. The highest BCUT2D eigenvalue weighted by Crippen LogP contribution is 2.26. The van der Waals surface area contributed by atoms with Gasteiger partial charge in [-0.2, -0.15) is 10.4 Å². The molecule has 3 heterocycles. The maximum atomic E-state index is 12.8. The minimum atomic E-state index is -0.460. The van der Waals surface area contributed by atoms with E-state index in [0.29, 0.717) is 23.6 Å². The van der Waals surface area contributed by atoms with Gasteiger partial charge in [0.1, 0.15) is 18.1 Å². The summed E-state index contributed by atoms with van der Waals surface area (Å²) in [5.41, 5.74) is 10.4. The van der Waals surface area contributed by atoms with Crippen molar-refractivity contribution in [1.82, 2.24) is 14.6 Å². The van der Waals surface area contributed by atoms with Gasteiger partial charge in [0.15, 0.2) is 5.76 Å². The number of para-hydroxylation sites is 1. The number of carbonyl (C=O) groups excluding carboxylic acids is 1. The lowest BCUT2D eigenvalue weighted by molar-refractivity contribution is 0.0923. The second-order valence-electron chi connectivity index (χ2n) is 10.6. The number of fused-ring (bicyclic) bond motifs is 1. The smallest absolute Gasteiger partial charge is 0.307 e. The van der Waals surface area contributed by atoms with E-state index in [-0.39, 0.29) is 12.4 Å². The zero-order chi connectivity index (χ0) is 30.6. The molecule has 44 heavy (non-hydrogen) atoms. The third-order valence-electron chi connectivity index (χ3n) is 7.74. The summed E-state index contributed by atoms with van der Waals surface area (Å²) >= 11 is 0. The molecule has 0 aliphatic heterocycles. The van der Waals surface area contributed by atoms with E-state index in [9.17, 15) is 10.1 Å². The average molecular weight is 582 g/mol. The molecule has 1 amide bonds. The van der Waals surface area contributed by atoms with Gasteiger partial charge in [-0.25, -0.2) is 5.43 Å². The van der Waals surface area contributed by atoms with E-state index in [2.05, 4.69) is 51.7 Å². The molecule has 0 saturated heterocycles. The molecule has 0 aliphatic carbocycles. The van der Waals surface area contributed by atoms with Crippen LogP contribution in [0.25, 0.3) is 16.6 Å². The van der Waals surface area contributed by atoms with Gasteiger partial charge >= 0.3 is 5.91 Å². The summed E-state index contributed by atoms with van der Waals surface area (Å²) < 4.78 is 15.9. The summed E-state index contributed by atoms with van der Waals surface area (Å²) in [5.74, 6) is 0.909. The van der Waals surface area contributed by atoms with Crippen LogP contribution < -0.4 is 10.2 Å². The normalized spacial score (nSPS) is 11.2. The molecule has 0 spiro atoms. The second kappa shape index (κ2) is 12.2. The molecule has 6 rings (SSSR count). The molecule has 8 nitrogen and oxygen atoms in total. The van der Waals surface area contributed by atoms with Crippen molar-refractivity contribution in [2.75, 3.05) is 0 Å². The summed E-state index contributed by atoms with van der Waals surface area (Å²) in [6, 6.07) is 33.2. The van der Waals surface area contributed by atoms with Crippen LogP contribution in [0.3, 0.4) is 0 Å². The molecule has 1 N–H and O–H groups in total. The predicted octanol–water partition coefficient (Wildman–Crippen LogP) is 7.21. The van der Waals surface area contributed by atoms with Crippen LogP contribution in [0.15, 0.2) is 107 Å². The number of ether oxygens (including phenoxy) is 1. The Morgan fingerprint density at radius 1 is 0.932 bits per heavy atom. The van der Waals surface area contributed by atoms with Crippen molar-refractivity contribution in [3.63, 3.8) is 0 Å². The number of rotatable bonds is 9. The summed E-state index contributed by atoms with van der Waals surface area (Å²) in [6.07, 6.45) is 1.65. The quantitative estimate of drug-likeness (QED) is 0.144. The van der Waals surface area contributed by atoms with Crippen LogP contribution in [-0.2, 0) is 13.2 Å². The number of nitrogens with one attached hydrogen (secondary N) is 1. The number of amides is 1. The van der Waals surface area contributed by atoms with Crippen molar-refractivity contribution in [2.24, 2.45) is 5.10 Å². The van der Waals surface area contributed by atoms with Crippen molar-refractivity contribution in [3.05, 3.63) is 142 Å². The minimum absolute atomic E-state index is 0.141. The van der Waals surface area contributed by atoms with Crippen LogP contribution in [0.5, 0.6) is 5.75 Å². The van der Waals surface area contributed by atoms with Crippen LogP contribution in [-0.4, -0.2) is 21.3 Å². The molecule has 0 bridgehead atoms. The van der Waals surface area contributed by atoms with Gasteiger partial charge in [0, 0.05) is 45.8 Å². The molecule has 6 aromatic rings. The molecular weight excluding hydrogens is 550 g/mol. The zero-order valence-corrected chi connectivity index (χ0v) is 24.7. The highest BCUT2D eigenvalue weighted by atomic mass is 16.5.